The SMILES string of the molecule is CCc1cc(C(=O)O)cc(N(C)C2CCCCCC2)n1. The molecule has 0 atom stereocenters. The fourth-order valence-corrected chi connectivity index (χ4v) is 2.89. The molecule has 1 N–H and O–H groups in total. The first kappa shape index (κ1) is 14.8. The number of hydrogen-bond acceptors (Lipinski definition) is 3. The Labute approximate surface area is 120 Å². The highest BCUT2D eigenvalue weighted by Gasteiger charge is 2.19. The maximum Gasteiger partial charge on any atom is 0.335 e. The largest absolute Gasteiger partial charge is 0.478 e. The van der Waals surface area contributed by atoms with Gasteiger partial charge in [-0.15, -0.1) is 0 Å². The van der Waals surface area contributed by atoms with Crippen LogP contribution < -0.4 is 4.90 Å². The van der Waals surface area contributed by atoms with E-state index < -0.39 is 5.97 Å². The molecule has 4 nitrogen and oxygen atoms in total. The maximum atomic E-state index is 11.2. The summed E-state index contributed by atoms with van der Waals surface area (Å²) in [5.74, 6) is -0.0775. The molecule has 1 aromatic heterocycles. The zero-order valence-electron chi connectivity index (χ0n) is 12.4. The van der Waals surface area contributed by atoms with Gasteiger partial charge < -0.3 is 10.0 Å². The van der Waals surface area contributed by atoms with Crippen molar-refractivity contribution in [3.05, 3.63) is 23.4 Å². The second kappa shape index (κ2) is 6.73. The smallest absolute Gasteiger partial charge is 0.335 e. The van der Waals surface area contributed by atoms with E-state index in [0.29, 0.717) is 11.6 Å². The van der Waals surface area contributed by atoms with E-state index in [1.165, 1.54) is 38.5 Å². The third kappa shape index (κ3) is 3.50. The molecule has 0 spiro atoms. The molecule has 110 valence electrons. The van der Waals surface area contributed by atoms with E-state index in [0.717, 1.165) is 17.9 Å². The van der Waals surface area contributed by atoms with Gasteiger partial charge in [0, 0.05) is 18.8 Å². The Balaban J connectivity index is 2.25. The van der Waals surface area contributed by atoms with E-state index in [9.17, 15) is 9.90 Å². The van der Waals surface area contributed by atoms with E-state index in [1.54, 1.807) is 12.1 Å². The van der Waals surface area contributed by atoms with Crippen LogP contribution in [0.15, 0.2) is 12.1 Å². The Morgan fingerprint density at radius 2 is 1.95 bits per heavy atom. The van der Waals surface area contributed by atoms with Crippen molar-refractivity contribution in [3.8, 4) is 0 Å². The van der Waals surface area contributed by atoms with Crippen LogP contribution in [0.25, 0.3) is 0 Å². The summed E-state index contributed by atoms with van der Waals surface area (Å²) in [7, 11) is 2.05. The number of carboxylic acid groups (broad SMARTS) is 1. The van der Waals surface area contributed by atoms with Crippen molar-refractivity contribution in [1.82, 2.24) is 4.98 Å². The normalized spacial score (nSPS) is 16.7. The number of rotatable bonds is 4. The summed E-state index contributed by atoms with van der Waals surface area (Å²) in [5, 5.41) is 9.22. The number of carbonyl (C=O) groups is 1. The highest BCUT2D eigenvalue weighted by molar-refractivity contribution is 5.88. The van der Waals surface area contributed by atoms with Gasteiger partial charge in [0.15, 0.2) is 0 Å². The Kier molecular flexibility index (Phi) is 4.99. The molecule has 1 aromatic rings. The molecule has 0 radical (unpaired) electrons. The molecule has 1 fully saturated rings. The molecule has 1 heterocycles. The average molecular weight is 276 g/mol. The number of anilines is 1. The molecule has 0 unspecified atom stereocenters. The van der Waals surface area contributed by atoms with Crippen molar-refractivity contribution in [2.75, 3.05) is 11.9 Å². The van der Waals surface area contributed by atoms with Crippen molar-refractivity contribution >= 4 is 11.8 Å². The number of carboxylic acids is 1. The van der Waals surface area contributed by atoms with Crippen LogP contribution in [0.1, 0.15) is 61.5 Å². The summed E-state index contributed by atoms with van der Waals surface area (Å²) in [4.78, 5) is 18.0. The number of pyridine rings is 1. The Morgan fingerprint density at radius 3 is 2.50 bits per heavy atom. The minimum Gasteiger partial charge on any atom is -0.478 e. The van der Waals surface area contributed by atoms with Gasteiger partial charge in [0.05, 0.1) is 5.56 Å². The first-order chi connectivity index (χ1) is 9.61. The van der Waals surface area contributed by atoms with Gasteiger partial charge in [-0.1, -0.05) is 32.6 Å². The fourth-order valence-electron chi connectivity index (χ4n) is 2.89. The number of aromatic nitrogens is 1. The number of hydrogen-bond donors (Lipinski definition) is 1. The number of aromatic carboxylic acids is 1. The van der Waals surface area contributed by atoms with E-state index in [2.05, 4.69) is 9.88 Å². The lowest BCUT2D eigenvalue weighted by Crippen LogP contribution is -2.32. The van der Waals surface area contributed by atoms with E-state index in [-0.39, 0.29) is 0 Å². The molecule has 1 aliphatic rings. The minimum absolute atomic E-state index is 0.340. The van der Waals surface area contributed by atoms with Gasteiger partial charge in [-0.2, -0.15) is 0 Å². The Bertz CT molecular complexity index is 466. The van der Waals surface area contributed by atoms with Crippen molar-refractivity contribution in [2.24, 2.45) is 0 Å². The monoisotopic (exact) mass is 276 g/mol. The Morgan fingerprint density at radius 1 is 1.30 bits per heavy atom. The van der Waals surface area contributed by atoms with Crippen LogP contribution in [-0.2, 0) is 6.42 Å². The molecular formula is C16H24N2O2. The lowest BCUT2D eigenvalue weighted by atomic mass is 10.1. The van der Waals surface area contributed by atoms with Crippen LogP contribution in [0.2, 0.25) is 0 Å². The van der Waals surface area contributed by atoms with Gasteiger partial charge in [-0.25, -0.2) is 9.78 Å². The molecular weight excluding hydrogens is 252 g/mol. The zero-order valence-corrected chi connectivity index (χ0v) is 12.4. The third-order valence-corrected chi connectivity index (χ3v) is 4.21. The van der Waals surface area contributed by atoms with E-state index in [1.807, 2.05) is 14.0 Å². The first-order valence-electron chi connectivity index (χ1n) is 7.59. The molecule has 1 saturated carbocycles. The van der Waals surface area contributed by atoms with Crippen molar-refractivity contribution in [3.63, 3.8) is 0 Å². The number of aryl methyl sites for hydroxylation is 1. The summed E-state index contributed by atoms with van der Waals surface area (Å²) < 4.78 is 0. The second-order valence-corrected chi connectivity index (χ2v) is 5.62. The van der Waals surface area contributed by atoms with Gasteiger partial charge in [0.1, 0.15) is 5.82 Å². The van der Waals surface area contributed by atoms with Crippen LogP contribution >= 0.6 is 0 Å². The van der Waals surface area contributed by atoms with Gasteiger partial charge in [-0.3, -0.25) is 0 Å². The van der Waals surface area contributed by atoms with Crippen molar-refractivity contribution < 1.29 is 9.90 Å². The van der Waals surface area contributed by atoms with E-state index in [4.69, 9.17) is 0 Å². The topological polar surface area (TPSA) is 53.4 Å². The van der Waals surface area contributed by atoms with Crippen LogP contribution in [0.3, 0.4) is 0 Å². The summed E-state index contributed by atoms with van der Waals surface area (Å²) >= 11 is 0. The summed E-state index contributed by atoms with van der Waals surface area (Å²) in [6, 6.07) is 3.86. The third-order valence-electron chi connectivity index (χ3n) is 4.21. The highest BCUT2D eigenvalue weighted by atomic mass is 16.4. The number of nitrogens with zero attached hydrogens (tertiary/aromatic N) is 2. The zero-order chi connectivity index (χ0) is 14.5. The lowest BCUT2D eigenvalue weighted by molar-refractivity contribution is 0.0696. The molecule has 1 aliphatic carbocycles. The second-order valence-electron chi connectivity index (χ2n) is 5.62. The minimum atomic E-state index is -0.877. The maximum absolute atomic E-state index is 11.2. The lowest BCUT2D eigenvalue weighted by Gasteiger charge is -2.28. The standard InChI is InChI=1S/C16H24N2O2/c1-3-13-10-12(16(19)20)11-15(17-13)18(2)14-8-6-4-5-7-9-14/h10-11,14H,3-9H2,1-2H3,(H,19,20). The van der Waals surface area contributed by atoms with Crippen molar-refractivity contribution in [2.45, 2.75) is 57.9 Å². The first-order valence-corrected chi connectivity index (χ1v) is 7.59. The summed E-state index contributed by atoms with van der Waals surface area (Å²) in [6.07, 6.45) is 8.25. The van der Waals surface area contributed by atoms with Crippen LogP contribution in [0.4, 0.5) is 5.82 Å². The van der Waals surface area contributed by atoms with Gasteiger partial charge in [0.25, 0.3) is 0 Å². The van der Waals surface area contributed by atoms with Crippen LogP contribution in [-0.4, -0.2) is 29.1 Å². The molecule has 0 aromatic carbocycles. The van der Waals surface area contributed by atoms with Crippen LogP contribution in [0.5, 0.6) is 0 Å². The van der Waals surface area contributed by atoms with E-state index >= 15 is 0 Å². The highest BCUT2D eigenvalue weighted by Crippen LogP contribution is 2.25. The molecule has 0 amide bonds. The molecule has 0 saturated heterocycles. The Hall–Kier alpha value is -1.58. The van der Waals surface area contributed by atoms with Gasteiger partial charge in [-0.05, 0) is 31.4 Å². The summed E-state index contributed by atoms with van der Waals surface area (Å²) in [5.41, 5.74) is 1.19. The van der Waals surface area contributed by atoms with Crippen molar-refractivity contribution in [1.29, 1.82) is 0 Å². The summed E-state index contributed by atoms with van der Waals surface area (Å²) in [6.45, 7) is 2.00. The average Bonchev–Trinajstić information content (AvgIpc) is 2.74. The molecule has 4 heteroatoms. The molecule has 0 bridgehead atoms. The van der Waals surface area contributed by atoms with Gasteiger partial charge in [0.2, 0.25) is 0 Å². The van der Waals surface area contributed by atoms with Crippen LogP contribution in [0, 0.1) is 0 Å². The predicted octanol–water partition coefficient (Wildman–Crippen LogP) is 3.50. The molecule has 2 rings (SSSR count). The predicted molar refractivity (Wildman–Crippen MR) is 80.5 cm³/mol. The molecule has 0 aliphatic heterocycles. The van der Waals surface area contributed by atoms with Gasteiger partial charge >= 0.3 is 5.97 Å². The molecule has 20 heavy (non-hydrogen) atoms. The quantitative estimate of drug-likeness (QED) is 0.855. The fraction of sp³-hybridized carbons (Fsp3) is 0.625.